The average molecular weight is 299 g/mol. The maximum atomic E-state index is 11.8. The molecule has 0 radical (unpaired) electrons. The molecule has 1 aromatic heterocycles. The van der Waals surface area contributed by atoms with Crippen LogP contribution in [0.5, 0.6) is 0 Å². The number of nitrogens with two attached hydrogens (primary N) is 1. The highest BCUT2D eigenvalue weighted by atomic mass is 32.2. The monoisotopic (exact) mass is 299 g/mol. The van der Waals surface area contributed by atoms with Crippen molar-refractivity contribution in [2.75, 3.05) is 18.1 Å². The van der Waals surface area contributed by atoms with Gasteiger partial charge in [-0.2, -0.15) is 5.10 Å². The van der Waals surface area contributed by atoms with E-state index in [-0.39, 0.29) is 11.5 Å². The van der Waals surface area contributed by atoms with Gasteiger partial charge in [0.15, 0.2) is 9.84 Å². The van der Waals surface area contributed by atoms with Gasteiger partial charge in [-0.15, -0.1) is 0 Å². The maximum absolute atomic E-state index is 11.8. The van der Waals surface area contributed by atoms with Gasteiger partial charge in [-0.3, -0.25) is 4.68 Å². The first kappa shape index (κ1) is 15.5. The van der Waals surface area contributed by atoms with Crippen LogP contribution in [0.1, 0.15) is 37.2 Å². The molecule has 114 valence electrons. The van der Waals surface area contributed by atoms with E-state index in [4.69, 9.17) is 5.73 Å². The van der Waals surface area contributed by atoms with Crippen molar-refractivity contribution in [1.29, 1.82) is 0 Å². The van der Waals surface area contributed by atoms with E-state index in [1.165, 1.54) is 5.56 Å². The summed E-state index contributed by atoms with van der Waals surface area (Å²) in [7, 11) is -2.93. The summed E-state index contributed by atoms with van der Waals surface area (Å²) >= 11 is 0. The Morgan fingerprint density at radius 3 is 2.60 bits per heavy atom. The van der Waals surface area contributed by atoms with Crippen LogP contribution >= 0.6 is 0 Å². The van der Waals surface area contributed by atoms with Crippen molar-refractivity contribution in [2.45, 2.75) is 46.1 Å². The third-order valence-electron chi connectivity index (χ3n) is 4.39. The topological polar surface area (TPSA) is 78.0 Å². The molecule has 2 unspecified atom stereocenters. The van der Waals surface area contributed by atoms with E-state index in [9.17, 15) is 8.42 Å². The van der Waals surface area contributed by atoms with Crippen molar-refractivity contribution < 1.29 is 8.42 Å². The van der Waals surface area contributed by atoms with Crippen LogP contribution in [-0.4, -0.2) is 36.2 Å². The van der Waals surface area contributed by atoms with Gasteiger partial charge in [0, 0.05) is 5.69 Å². The molecule has 6 heteroatoms. The lowest BCUT2D eigenvalue weighted by Gasteiger charge is -2.25. The summed E-state index contributed by atoms with van der Waals surface area (Å²) in [5.41, 5.74) is 8.59. The maximum Gasteiger partial charge on any atom is 0.152 e. The van der Waals surface area contributed by atoms with Crippen LogP contribution < -0.4 is 5.73 Å². The Labute approximate surface area is 121 Å². The first-order chi connectivity index (χ1) is 9.18. The van der Waals surface area contributed by atoms with Gasteiger partial charge in [0.1, 0.15) is 0 Å². The quantitative estimate of drug-likeness (QED) is 0.905. The third-order valence-corrected chi connectivity index (χ3v) is 6.28. The summed E-state index contributed by atoms with van der Waals surface area (Å²) in [6.07, 6.45) is 1.54. The molecule has 0 aliphatic carbocycles. The third kappa shape index (κ3) is 2.76. The highest BCUT2D eigenvalue weighted by molar-refractivity contribution is 7.91. The van der Waals surface area contributed by atoms with Gasteiger partial charge in [0.2, 0.25) is 0 Å². The van der Waals surface area contributed by atoms with Crippen LogP contribution in [0.2, 0.25) is 0 Å². The van der Waals surface area contributed by atoms with E-state index < -0.39 is 15.4 Å². The molecule has 0 spiro atoms. The minimum atomic E-state index is -2.93. The molecule has 0 saturated carbocycles. The van der Waals surface area contributed by atoms with Crippen molar-refractivity contribution in [3.8, 4) is 0 Å². The molecular formula is C14H25N3O2S. The lowest BCUT2D eigenvalue weighted by Crippen LogP contribution is -2.33. The van der Waals surface area contributed by atoms with Crippen LogP contribution in [0.3, 0.4) is 0 Å². The van der Waals surface area contributed by atoms with Crippen LogP contribution in [0, 0.1) is 19.8 Å². The van der Waals surface area contributed by atoms with E-state index in [0.717, 1.165) is 17.8 Å². The fraction of sp³-hybridized carbons (Fsp3) is 0.786. The molecule has 2 heterocycles. The average Bonchev–Trinajstić information content (AvgIpc) is 2.80. The van der Waals surface area contributed by atoms with Crippen molar-refractivity contribution in [1.82, 2.24) is 9.78 Å². The largest absolute Gasteiger partial charge is 0.330 e. The molecule has 1 saturated heterocycles. The fourth-order valence-corrected chi connectivity index (χ4v) is 5.20. The van der Waals surface area contributed by atoms with Gasteiger partial charge >= 0.3 is 0 Å². The lowest BCUT2D eigenvalue weighted by molar-refractivity contribution is 0.320. The van der Waals surface area contributed by atoms with Gasteiger partial charge in [-0.05, 0) is 51.6 Å². The predicted octanol–water partition coefficient (Wildman–Crippen LogP) is 1.17. The van der Waals surface area contributed by atoms with E-state index in [0.29, 0.717) is 18.9 Å². The molecule has 2 N–H and O–H groups in total. The van der Waals surface area contributed by atoms with Gasteiger partial charge in [-0.1, -0.05) is 6.92 Å². The Morgan fingerprint density at radius 2 is 2.10 bits per heavy atom. The Balaban J connectivity index is 2.37. The molecular weight excluding hydrogens is 274 g/mol. The second-order valence-electron chi connectivity index (χ2n) is 6.45. The Kier molecular flexibility index (Phi) is 3.99. The minimum absolute atomic E-state index is 0.188. The summed E-state index contributed by atoms with van der Waals surface area (Å²) in [6, 6.07) is 0. The van der Waals surface area contributed by atoms with E-state index in [1.807, 2.05) is 25.5 Å². The molecule has 5 nitrogen and oxygen atoms in total. The summed E-state index contributed by atoms with van der Waals surface area (Å²) in [6.45, 7) is 8.80. The molecule has 2 atom stereocenters. The van der Waals surface area contributed by atoms with Crippen molar-refractivity contribution in [3.63, 3.8) is 0 Å². The van der Waals surface area contributed by atoms with Crippen LogP contribution in [0.25, 0.3) is 0 Å². The zero-order chi connectivity index (χ0) is 15.1. The molecule has 1 fully saturated rings. The highest BCUT2D eigenvalue weighted by Crippen LogP contribution is 2.33. The first-order valence-corrected chi connectivity index (χ1v) is 8.97. The number of hydrogen-bond donors (Lipinski definition) is 1. The fourth-order valence-electron chi connectivity index (χ4n) is 3.09. The summed E-state index contributed by atoms with van der Waals surface area (Å²) in [5, 5.41) is 4.63. The van der Waals surface area contributed by atoms with Gasteiger partial charge in [0.05, 0.1) is 22.7 Å². The summed E-state index contributed by atoms with van der Waals surface area (Å²) < 4.78 is 25.5. The van der Waals surface area contributed by atoms with Crippen LogP contribution in [0.15, 0.2) is 0 Å². The Morgan fingerprint density at radius 1 is 1.45 bits per heavy atom. The van der Waals surface area contributed by atoms with Crippen molar-refractivity contribution >= 4 is 9.84 Å². The van der Waals surface area contributed by atoms with E-state index in [1.54, 1.807) is 0 Å². The van der Waals surface area contributed by atoms with Gasteiger partial charge in [0.25, 0.3) is 0 Å². The molecule has 1 aliphatic heterocycles. The number of rotatable bonds is 4. The van der Waals surface area contributed by atoms with Crippen LogP contribution in [0.4, 0.5) is 0 Å². The second kappa shape index (κ2) is 5.15. The minimum Gasteiger partial charge on any atom is -0.330 e. The number of hydrogen-bond acceptors (Lipinski definition) is 4. The van der Waals surface area contributed by atoms with Crippen molar-refractivity contribution in [3.05, 3.63) is 17.0 Å². The molecule has 1 aliphatic rings. The van der Waals surface area contributed by atoms with E-state index in [2.05, 4.69) is 12.0 Å². The zero-order valence-corrected chi connectivity index (χ0v) is 13.6. The predicted molar refractivity (Wildman–Crippen MR) is 80.5 cm³/mol. The SMILES string of the molecule is Cc1nn(C2(C)CCS(=O)(=O)C2)c(C)c1CC(C)CN. The van der Waals surface area contributed by atoms with Crippen molar-refractivity contribution in [2.24, 2.45) is 11.7 Å². The molecule has 1 aromatic rings. The summed E-state index contributed by atoms with van der Waals surface area (Å²) in [5.74, 6) is 0.856. The highest BCUT2D eigenvalue weighted by Gasteiger charge is 2.41. The number of sulfone groups is 1. The molecule has 0 amide bonds. The van der Waals surface area contributed by atoms with Crippen LogP contribution in [-0.2, 0) is 21.8 Å². The van der Waals surface area contributed by atoms with Gasteiger partial charge < -0.3 is 5.73 Å². The number of aromatic nitrogens is 2. The smallest absolute Gasteiger partial charge is 0.152 e. The van der Waals surface area contributed by atoms with E-state index >= 15 is 0 Å². The molecule has 20 heavy (non-hydrogen) atoms. The number of aryl methyl sites for hydroxylation is 1. The standard InChI is InChI=1S/C14H25N3O2S/c1-10(8-15)7-13-11(2)16-17(12(13)3)14(4)5-6-20(18,19)9-14/h10H,5-9,15H2,1-4H3. The lowest BCUT2D eigenvalue weighted by atomic mass is 9.98. The second-order valence-corrected chi connectivity index (χ2v) is 8.63. The summed E-state index contributed by atoms with van der Waals surface area (Å²) in [4.78, 5) is 0. The Bertz CT molecular complexity index is 606. The normalized spacial score (nSPS) is 26.9. The molecule has 0 aromatic carbocycles. The number of nitrogens with zero attached hydrogens (tertiary/aromatic N) is 2. The molecule has 0 bridgehead atoms. The Hall–Kier alpha value is -0.880. The van der Waals surface area contributed by atoms with Gasteiger partial charge in [-0.25, -0.2) is 8.42 Å². The first-order valence-electron chi connectivity index (χ1n) is 7.14. The molecule has 2 rings (SSSR count). The zero-order valence-electron chi connectivity index (χ0n) is 12.8.